The molecular weight excluding hydrogens is 635 g/mol. The number of anilines is 6. The van der Waals surface area contributed by atoms with E-state index in [1.165, 1.54) is 78.2 Å². The summed E-state index contributed by atoms with van der Waals surface area (Å²) < 4.78 is 12.2. The third kappa shape index (κ3) is 4.87. The van der Waals surface area contributed by atoms with Gasteiger partial charge in [-0.1, -0.05) is 72.7 Å². The van der Waals surface area contributed by atoms with Gasteiger partial charge in [0.05, 0.1) is 5.69 Å². The van der Waals surface area contributed by atoms with Crippen LogP contribution >= 0.6 is 0 Å². The van der Waals surface area contributed by atoms with Gasteiger partial charge in [-0.25, -0.2) is 0 Å². The lowest BCUT2D eigenvalue weighted by atomic mass is 9.33. The van der Waals surface area contributed by atoms with Gasteiger partial charge in [-0.05, 0) is 147 Å². The maximum absolute atomic E-state index is 6.17. The van der Waals surface area contributed by atoms with Crippen LogP contribution in [0.1, 0.15) is 81.8 Å². The van der Waals surface area contributed by atoms with E-state index in [2.05, 4.69) is 144 Å². The number of fused-ring (bicyclic) bond motifs is 7. The predicted octanol–water partition coefficient (Wildman–Crippen LogP) is 9.40. The Balaban J connectivity index is 1.27. The summed E-state index contributed by atoms with van der Waals surface area (Å²) in [7, 11) is 0. The molecule has 5 heteroatoms. The van der Waals surface area contributed by atoms with Crippen LogP contribution in [0.2, 0.25) is 0 Å². The smallest absolute Gasteiger partial charge is 0.252 e. The lowest BCUT2D eigenvalue weighted by Gasteiger charge is -2.45. The van der Waals surface area contributed by atoms with Crippen LogP contribution in [0.25, 0.3) is 0 Å². The van der Waals surface area contributed by atoms with E-state index in [4.69, 9.17) is 9.47 Å². The van der Waals surface area contributed by atoms with E-state index in [-0.39, 0.29) is 17.5 Å². The van der Waals surface area contributed by atoms with Gasteiger partial charge in [0.2, 0.25) is 0 Å². The van der Waals surface area contributed by atoms with Gasteiger partial charge < -0.3 is 19.3 Å². The molecule has 0 atom stereocenters. The summed E-state index contributed by atoms with van der Waals surface area (Å²) in [6.07, 6.45) is 4.48. The molecule has 0 amide bonds. The highest BCUT2D eigenvalue weighted by Gasteiger charge is 2.45. The fraction of sp³-hybridized carbons (Fsp3) is 0.362. The van der Waals surface area contributed by atoms with E-state index in [1.54, 1.807) is 0 Å². The minimum absolute atomic E-state index is 0.0108. The Morgan fingerprint density at radius 1 is 0.558 bits per heavy atom. The number of aryl methyl sites for hydroxylation is 1. The summed E-state index contributed by atoms with van der Waals surface area (Å²) in [4.78, 5) is 5.11. The lowest BCUT2D eigenvalue weighted by molar-refractivity contribution is 0.171. The second kappa shape index (κ2) is 10.7. The molecule has 0 saturated heterocycles. The first-order chi connectivity index (χ1) is 24.7. The van der Waals surface area contributed by atoms with Gasteiger partial charge in [-0.15, -0.1) is 0 Å². The Morgan fingerprint density at radius 2 is 1.13 bits per heavy atom. The first-order valence-corrected chi connectivity index (χ1v) is 19.3. The summed E-state index contributed by atoms with van der Waals surface area (Å²) in [5.41, 5.74) is 20.8. The zero-order valence-electron chi connectivity index (χ0n) is 32.0. The molecule has 5 aromatic rings. The Kier molecular flexibility index (Phi) is 6.60. The molecule has 0 fully saturated rings. The van der Waals surface area contributed by atoms with Crippen LogP contribution in [0.4, 0.5) is 34.1 Å². The average molecular weight is 685 g/mol. The van der Waals surface area contributed by atoms with Crippen LogP contribution in [-0.2, 0) is 31.1 Å². The van der Waals surface area contributed by atoms with Crippen molar-refractivity contribution >= 4 is 57.2 Å². The second-order valence-electron chi connectivity index (χ2n) is 18.8. The topological polar surface area (TPSA) is 24.9 Å². The van der Waals surface area contributed by atoms with Crippen molar-refractivity contribution in [1.82, 2.24) is 0 Å². The van der Waals surface area contributed by atoms with E-state index in [0.29, 0.717) is 18.6 Å². The summed E-state index contributed by atoms with van der Waals surface area (Å²) in [6, 6.07) is 31.1. The SMILES string of the molecule is Cc1cc2c3c(c1)N(c1ccc4c(c1)CC(C)(C)C4)c1cc4c(cc1B3c1cc(C(C)(C)C)ccc1N2c1ccc2c(c1)OCCO2)CC(C)(C)C4. The molecule has 5 aliphatic rings. The Hall–Kier alpha value is -4.64. The van der Waals surface area contributed by atoms with Gasteiger partial charge in [-0.3, -0.25) is 0 Å². The summed E-state index contributed by atoms with van der Waals surface area (Å²) >= 11 is 0. The summed E-state index contributed by atoms with van der Waals surface area (Å²) in [6.45, 7) is 20.2. The maximum Gasteiger partial charge on any atom is 0.252 e. The molecule has 3 heterocycles. The quantitative estimate of drug-likeness (QED) is 0.170. The molecule has 0 saturated carbocycles. The van der Waals surface area contributed by atoms with E-state index in [1.807, 2.05) is 0 Å². The van der Waals surface area contributed by atoms with Gasteiger partial charge >= 0.3 is 0 Å². The van der Waals surface area contributed by atoms with E-state index < -0.39 is 0 Å². The van der Waals surface area contributed by atoms with Gasteiger partial charge in [0.15, 0.2) is 11.5 Å². The largest absolute Gasteiger partial charge is 0.486 e. The van der Waals surface area contributed by atoms with E-state index in [0.717, 1.165) is 42.9 Å². The molecule has 262 valence electrons. The third-order valence-corrected chi connectivity index (χ3v) is 12.3. The number of benzene rings is 5. The first kappa shape index (κ1) is 32.0. The standard InChI is InChI=1S/C47H49BN2O2/c1-28-17-40-44-41(18-28)50(34-11-9-29-24-46(5,6)25-30(29)19-34)39-21-32-27-47(7,8)26-31(32)20-36(39)48(44)37-22-33(45(2,3)4)10-13-38(37)49(40)35-12-14-42-43(23-35)52-16-15-51-42/h9-14,17-23H,15-16,24-27H2,1-8H3. The first-order valence-electron chi connectivity index (χ1n) is 19.3. The van der Waals surface area contributed by atoms with Gasteiger partial charge in [0.1, 0.15) is 13.2 Å². The van der Waals surface area contributed by atoms with Crippen molar-refractivity contribution in [3.8, 4) is 11.5 Å². The molecule has 5 aromatic carbocycles. The van der Waals surface area contributed by atoms with Crippen LogP contribution < -0.4 is 35.7 Å². The van der Waals surface area contributed by atoms with Crippen molar-refractivity contribution in [3.63, 3.8) is 0 Å². The molecule has 0 bridgehead atoms. The monoisotopic (exact) mass is 684 g/mol. The minimum Gasteiger partial charge on any atom is -0.486 e. The fourth-order valence-electron chi connectivity index (χ4n) is 10.1. The van der Waals surface area contributed by atoms with E-state index >= 15 is 0 Å². The van der Waals surface area contributed by atoms with Gasteiger partial charge in [-0.2, -0.15) is 0 Å². The Bertz CT molecular complexity index is 2350. The second-order valence-corrected chi connectivity index (χ2v) is 18.8. The minimum atomic E-state index is 0.0108. The lowest BCUT2D eigenvalue weighted by Crippen LogP contribution is -2.61. The molecule has 0 radical (unpaired) electrons. The van der Waals surface area contributed by atoms with Crippen LogP contribution in [0, 0.1) is 17.8 Å². The predicted molar refractivity (Wildman–Crippen MR) is 217 cm³/mol. The zero-order valence-corrected chi connectivity index (χ0v) is 32.0. The van der Waals surface area contributed by atoms with Crippen molar-refractivity contribution in [2.75, 3.05) is 23.0 Å². The molecule has 52 heavy (non-hydrogen) atoms. The molecular formula is C47H49BN2O2. The fourth-order valence-corrected chi connectivity index (χ4v) is 10.1. The zero-order chi connectivity index (χ0) is 35.9. The van der Waals surface area contributed by atoms with Crippen LogP contribution in [-0.4, -0.2) is 19.9 Å². The molecule has 3 aliphatic heterocycles. The molecule has 0 unspecified atom stereocenters. The average Bonchev–Trinajstić information content (AvgIpc) is 3.57. The number of nitrogens with zero attached hydrogens (tertiary/aromatic N) is 2. The van der Waals surface area contributed by atoms with Crippen molar-refractivity contribution in [2.24, 2.45) is 10.8 Å². The van der Waals surface area contributed by atoms with Crippen LogP contribution in [0.5, 0.6) is 11.5 Å². The molecule has 0 spiro atoms. The van der Waals surface area contributed by atoms with Crippen molar-refractivity contribution in [3.05, 3.63) is 112 Å². The molecule has 0 aromatic heterocycles. The summed E-state index contributed by atoms with van der Waals surface area (Å²) in [5, 5.41) is 0. The van der Waals surface area contributed by atoms with Crippen molar-refractivity contribution in [2.45, 2.75) is 86.5 Å². The highest BCUT2D eigenvalue weighted by Crippen LogP contribution is 2.49. The third-order valence-electron chi connectivity index (χ3n) is 12.3. The van der Waals surface area contributed by atoms with Gasteiger partial charge in [0.25, 0.3) is 6.71 Å². The molecule has 2 aliphatic carbocycles. The Labute approximate surface area is 309 Å². The highest BCUT2D eigenvalue weighted by molar-refractivity contribution is 7.00. The number of rotatable bonds is 2. The Morgan fingerprint density at radius 3 is 1.85 bits per heavy atom. The van der Waals surface area contributed by atoms with Crippen LogP contribution in [0.3, 0.4) is 0 Å². The van der Waals surface area contributed by atoms with E-state index in [9.17, 15) is 0 Å². The number of hydrogen-bond acceptors (Lipinski definition) is 4. The van der Waals surface area contributed by atoms with Crippen LogP contribution in [0.15, 0.2) is 78.9 Å². The summed E-state index contributed by atoms with van der Waals surface area (Å²) in [5.74, 6) is 1.63. The molecule has 10 rings (SSSR count). The molecule has 4 nitrogen and oxygen atoms in total. The normalized spacial score (nSPS) is 18.4. The number of hydrogen-bond donors (Lipinski definition) is 0. The maximum atomic E-state index is 6.17. The highest BCUT2D eigenvalue weighted by atomic mass is 16.6. The number of ether oxygens (including phenoxy) is 2. The van der Waals surface area contributed by atoms with Gasteiger partial charge in [0, 0.05) is 34.5 Å². The van der Waals surface area contributed by atoms with Crippen molar-refractivity contribution in [1.29, 1.82) is 0 Å². The van der Waals surface area contributed by atoms with Crippen molar-refractivity contribution < 1.29 is 9.47 Å². The molecule has 0 N–H and O–H groups in total.